The molecule has 128 valence electrons. The number of sulfonamides is 1. The molecule has 0 spiro atoms. The monoisotopic (exact) mass is 347 g/mol. The van der Waals surface area contributed by atoms with Gasteiger partial charge in [0.25, 0.3) is 0 Å². The van der Waals surface area contributed by atoms with E-state index in [9.17, 15) is 13.5 Å². The van der Waals surface area contributed by atoms with Crippen LogP contribution in [0.15, 0.2) is 36.8 Å². The third kappa shape index (κ3) is 2.47. The molecule has 1 aromatic carbocycles. The first kappa shape index (κ1) is 15.8. The molecule has 3 atom stereocenters. The van der Waals surface area contributed by atoms with Gasteiger partial charge < -0.3 is 9.67 Å². The van der Waals surface area contributed by atoms with Crippen molar-refractivity contribution in [1.82, 2.24) is 13.9 Å². The molecule has 2 aromatic rings. The largest absolute Gasteiger partial charge is 0.393 e. The second-order valence-electron chi connectivity index (χ2n) is 6.69. The van der Waals surface area contributed by atoms with Crippen LogP contribution in [0.5, 0.6) is 0 Å². The highest BCUT2D eigenvalue weighted by atomic mass is 32.2. The molecule has 1 fully saturated rings. The molecule has 2 aliphatic heterocycles. The minimum absolute atomic E-state index is 0.00760. The van der Waals surface area contributed by atoms with Crippen molar-refractivity contribution in [2.75, 3.05) is 19.3 Å². The smallest absolute Gasteiger partial charge is 0.211 e. The van der Waals surface area contributed by atoms with Crippen molar-refractivity contribution in [2.24, 2.45) is 5.92 Å². The highest BCUT2D eigenvalue weighted by Gasteiger charge is 2.39. The number of nitrogens with zero attached hydrogens (tertiary/aromatic N) is 3. The Morgan fingerprint density at radius 1 is 1.21 bits per heavy atom. The molecule has 1 N–H and O–H groups in total. The summed E-state index contributed by atoms with van der Waals surface area (Å²) in [6, 6.07) is 8.20. The molecule has 24 heavy (non-hydrogen) atoms. The van der Waals surface area contributed by atoms with Crippen LogP contribution in [0.1, 0.15) is 24.4 Å². The number of aliphatic hydroxyl groups is 1. The first-order chi connectivity index (χ1) is 11.5. The number of rotatable bonds is 2. The Bertz CT molecular complexity index is 861. The quantitative estimate of drug-likeness (QED) is 0.893. The lowest BCUT2D eigenvalue weighted by Crippen LogP contribution is -2.31. The van der Waals surface area contributed by atoms with Gasteiger partial charge in [0.15, 0.2) is 0 Å². The lowest BCUT2D eigenvalue weighted by Gasteiger charge is -2.28. The lowest BCUT2D eigenvalue weighted by atomic mass is 9.85. The summed E-state index contributed by atoms with van der Waals surface area (Å²) < 4.78 is 27.3. The van der Waals surface area contributed by atoms with Crippen LogP contribution < -0.4 is 0 Å². The number of imidazole rings is 1. The average molecular weight is 347 g/mol. The third-order valence-electron chi connectivity index (χ3n) is 5.28. The van der Waals surface area contributed by atoms with Crippen LogP contribution in [-0.2, 0) is 10.0 Å². The standard InChI is InChI=1S/C17H21N3O3S/c1-24(22,23)19-8-6-14(16(21)7-9-19)17-13-5-3-2-4-12(13)15-10-18-11-20(15)17/h2-5,10-11,14,16-17,21H,6-9H2,1H3. The van der Waals surface area contributed by atoms with E-state index in [1.807, 2.05) is 24.7 Å². The molecule has 4 rings (SSSR count). The maximum atomic E-state index is 11.9. The summed E-state index contributed by atoms with van der Waals surface area (Å²) in [6.45, 7) is 0.824. The summed E-state index contributed by atoms with van der Waals surface area (Å²) in [5.74, 6) is -0.0339. The fourth-order valence-corrected chi connectivity index (χ4v) is 4.97. The predicted octanol–water partition coefficient (Wildman–Crippen LogP) is 1.49. The molecule has 0 bridgehead atoms. The molecular formula is C17H21N3O3S. The Balaban J connectivity index is 1.71. The van der Waals surface area contributed by atoms with E-state index in [1.54, 1.807) is 0 Å². The van der Waals surface area contributed by atoms with Crippen molar-refractivity contribution < 1.29 is 13.5 Å². The number of aliphatic hydroxyl groups excluding tert-OH is 1. The van der Waals surface area contributed by atoms with Crippen molar-refractivity contribution in [3.63, 3.8) is 0 Å². The zero-order valence-corrected chi connectivity index (χ0v) is 14.4. The van der Waals surface area contributed by atoms with Crippen LogP contribution in [-0.4, -0.2) is 52.8 Å². The number of aromatic nitrogens is 2. The summed E-state index contributed by atoms with van der Waals surface area (Å²) >= 11 is 0. The van der Waals surface area contributed by atoms with Crippen molar-refractivity contribution in [2.45, 2.75) is 25.0 Å². The fraction of sp³-hybridized carbons (Fsp3) is 0.471. The van der Waals surface area contributed by atoms with Gasteiger partial charge in [-0.3, -0.25) is 0 Å². The van der Waals surface area contributed by atoms with Gasteiger partial charge in [-0.1, -0.05) is 24.3 Å². The highest BCUT2D eigenvalue weighted by molar-refractivity contribution is 7.88. The maximum Gasteiger partial charge on any atom is 0.211 e. The van der Waals surface area contributed by atoms with Gasteiger partial charge in [0, 0.05) is 24.6 Å². The molecule has 3 heterocycles. The van der Waals surface area contributed by atoms with E-state index in [2.05, 4.69) is 21.7 Å². The average Bonchev–Trinajstić information content (AvgIpc) is 3.05. The van der Waals surface area contributed by atoms with Gasteiger partial charge in [-0.15, -0.1) is 0 Å². The highest BCUT2D eigenvalue weighted by Crippen LogP contribution is 2.45. The summed E-state index contributed by atoms with van der Waals surface area (Å²) in [5, 5.41) is 10.7. The molecule has 0 radical (unpaired) electrons. The molecule has 6 nitrogen and oxygen atoms in total. The Kier molecular flexibility index (Phi) is 3.74. The van der Waals surface area contributed by atoms with E-state index in [1.165, 1.54) is 16.1 Å². The molecule has 1 aromatic heterocycles. The summed E-state index contributed by atoms with van der Waals surface area (Å²) in [4.78, 5) is 4.27. The van der Waals surface area contributed by atoms with Crippen molar-refractivity contribution in [3.8, 4) is 11.3 Å². The lowest BCUT2D eigenvalue weighted by molar-refractivity contribution is 0.0836. The summed E-state index contributed by atoms with van der Waals surface area (Å²) in [5.41, 5.74) is 3.40. The van der Waals surface area contributed by atoms with Crippen molar-refractivity contribution >= 4 is 10.0 Å². The zero-order valence-electron chi connectivity index (χ0n) is 13.5. The molecule has 0 amide bonds. The first-order valence-electron chi connectivity index (χ1n) is 8.21. The molecule has 1 saturated heterocycles. The Morgan fingerprint density at radius 3 is 2.75 bits per heavy atom. The van der Waals surface area contributed by atoms with Gasteiger partial charge in [-0.25, -0.2) is 17.7 Å². The minimum Gasteiger partial charge on any atom is -0.393 e. The number of hydrogen-bond acceptors (Lipinski definition) is 4. The van der Waals surface area contributed by atoms with E-state index in [0.717, 1.165) is 11.3 Å². The predicted molar refractivity (Wildman–Crippen MR) is 90.9 cm³/mol. The van der Waals surface area contributed by atoms with Gasteiger partial charge in [-0.05, 0) is 18.4 Å². The molecule has 2 aliphatic rings. The van der Waals surface area contributed by atoms with Crippen molar-refractivity contribution in [1.29, 1.82) is 0 Å². The molecule has 0 aliphatic carbocycles. The van der Waals surface area contributed by atoms with Crippen molar-refractivity contribution in [3.05, 3.63) is 42.4 Å². The van der Waals surface area contributed by atoms with Gasteiger partial charge in [0.2, 0.25) is 10.0 Å². The SMILES string of the molecule is CS(=O)(=O)N1CCC(O)C(C2c3ccccc3-c3cncn32)CC1. The van der Waals surface area contributed by atoms with E-state index >= 15 is 0 Å². The first-order valence-corrected chi connectivity index (χ1v) is 10.1. The number of benzene rings is 1. The van der Waals surface area contributed by atoms with Crippen LogP contribution in [0.4, 0.5) is 0 Å². The van der Waals surface area contributed by atoms with Crippen LogP contribution in [0.3, 0.4) is 0 Å². The van der Waals surface area contributed by atoms with Crippen LogP contribution >= 0.6 is 0 Å². The molecule has 3 unspecified atom stereocenters. The van der Waals surface area contributed by atoms with Gasteiger partial charge in [0.05, 0.1) is 36.6 Å². The normalized spacial score (nSPS) is 27.5. The van der Waals surface area contributed by atoms with E-state index in [4.69, 9.17) is 0 Å². The van der Waals surface area contributed by atoms with Gasteiger partial charge in [-0.2, -0.15) is 0 Å². The Hall–Kier alpha value is -1.70. The van der Waals surface area contributed by atoms with E-state index < -0.39 is 16.1 Å². The molecular weight excluding hydrogens is 326 g/mol. The van der Waals surface area contributed by atoms with Crippen LogP contribution in [0, 0.1) is 5.92 Å². The maximum absolute atomic E-state index is 11.9. The molecule has 0 saturated carbocycles. The third-order valence-corrected chi connectivity index (χ3v) is 6.58. The molecule has 7 heteroatoms. The topological polar surface area (TPSA) is 75.4 Å². The van der Waals surface area contributed by atoms with Crippen LogP contribution in [0.25, 0.3) is 11.3 Å². The van der Waals surface area contributed by atoms with E-state index in [-0.39, 0.29) is 12.0 Å². The van der Waals surface area contributed by atoms with Gasteiger partial charge >= 0.3 is 0 Å². The second-order valence-corrected chi connectivity index (χ2v) is 8.67. The van der Waals surface area contributed by atoms with Crippen LogP contribution in [0.2, 0.25) is 0 Å². The van der Waals surface area contributed by atoms with Gasteiger partial charge in [0.1, 0.15) is 0 Å². The fourth-order valence-electron chi connectivity index (χ4n) is 4.10. The Labute approximate surface area is 141 Å². The van der Waals surface area contributed by atoms with E-state index in [0.29, 0.717) is 25.9 Å². The zero-order chi connectivity index (χ0) is 16.9. The number of fused-ring (bicyclic) bond motifs is 3. The number of hydrogen-bond donors (Lipinski definition) is 1. The summed E-state index contributed by atoms with van der Waals surface area (Å²) in [6.07, 6.45) is 5.45. The summed E-state index contributed by atoms with van der Waals surface area (Å²) in [7, 11) is -3.23. The Morgan fingerprint density at radius 2 is 1.96 bits per heavy atom. The minimum atomic E-state index is -3.23. The second kappa shape index (κ2) is 5.68.